The van der Waals surface area contributed by atoms with Gasteiger partial charge < -0.3 is 10.0 Å². The Labute approximate surface area is 92.5 Å². The number of likely N-dealkylation sites (N-methyl/N-ethyl adjacent to an activating group) is 1. The molecule has 1 aromatic carbocycles. The Hall–Kier alpha value is -1.02. The Morgan fingerprint density at radius 3 is 2.53 bits per heavy atom. The maximum atomic E-state index is 9.59. The van der Waals surface area contributed by atoms with Crippen molar-refractivity contribution in [1.29, 1.82) is 0 Å². The Bertz CT molecular complexity index is 322. The van der Waals surface area contributed by atoms with Crippen LogP contribution in [0.4, 0.5) is 5.69 Å². The van der Waals surface area contributed by atoms with Crippen LogP contribution >= 0.6 is 0 Å². The first kappa shape index (κ1) is 12.1. The number of rotatable bonds is 4. The first-order valence-corrected chi connectivity index (χ1v) is 5.51. The van der Waals surface area contributed by atoms with Gasteiger partial charge in [-0.2, -0.15) is 0 Å². The van der Waals surface area contributed by atoms with E-state index >= 15 is 0 Å². The molecular formula is C13H21NO. The predicted octanol–water partition coefficient (Wildman–Crippen LogP) is 2.51. The molecule has 0 bridgehead atoms. The van der Waals surface area contributed by atoms with E-state index in [4.69, 9.17) is 0 Å². The lowest BCUT2D eigenvalue weighted by molar-refractivity contribution is 0.177. The van der Waals surface area contributed by atoms with E-state index in [-0.39, 0.29) is 6.10 Å². The zero-order valence-corrected chi connectivity index (χ0v) is 10.1. The molecule has 0 aliphatic carbocycles. The summed E-state index contributed by atoms with van der Waals surface area (Å²) in [5.41, 5.74) is 3.74. The summed E-state index contributed by atoms with van der Waals surface area (Å²) in [5.74, 6) is 0. The van der Waals surface area contributed by atoms with Gasteiger partial charge in [0.2, 0.25) is 0 Å². The van der Waals surface area contributed by atoms with Crippen LogP contribution in [-0.2, 0) is 0 Å². The molecule has 0 aromatic heterocycles. The zero-order valence-electron chi connectivity index (χ0n) is 10.1. The topological polar surface area (TPSA) is 23.5 Å². The molecule has 0 fully saturated rings. The molecule has 0 radical (unpaired) electrons. The summed E-state index contributed by atoms with van der Waals surface area (Å²) in [5, 5.41) is 9.59. The van der Waals surface area contributed by atoms with Crippen molar-refractivity contribution >= 4 is 5.69 Å². The first-order chi connectivity index (χ1) is 7.04. The standard InChI is InChI=1S/C13H21NO/c1-5-12(15)9-14(4)13-7-6-10(2)8-11(13)3/h6-8,12,15H,5,9H2,1-4H3. The molecule has 2 heteroatoms. The Balaban J connectivity index is 2.77. The summed E-state index contributed by atoms with van der Waals surface area (Å²) in [6, 6.07) is 6.40. The van der Waals surface area contributed by atoms with E-state index in [1.165, 1.54) is 16.8 Å². The number of anilines is 1. The van der Waals surface area contributed by atoms with Crippen LogP contribution in [0.1, 0.15) is 24.5 Å². The fourth-order valence-electron chi connectivity index (χ4n) is 1.78. The molecule has 0 saturated carbocycles. The van der Waals surface area contributed by atoms with Crippen LogP contribution in [0.3, 0.4) is 0 Å². The number of hydrogen-bond donors (Lipinski definition) is 1. The average Bonchev–Trinajstić information content (AvgIpc) is 2.17. The quantitative estimate of drug-likeness (QED) is 0.820. The molecule has 2 nitrogen and oxygen atoms in total. The van der Waals surface area contributed by atoms with Crippen LogP contribution in [0.5, 0.6) is 0 Å². The van der Waals surface area contributed by atoms with E-state index in [1.54, 1.807) is 0 Å². The lowest BCUT2D eigenvalue weighted by atomic mass is 10.1. The summed E-state index contributed by atoms with van der Waals surface area (Å²) in [6.45, 7) is 6.90. The maximum absolute atomic E-state index is 9.59. The molecule has 84 valence electrons. The molecular weight excluding hydrogens is 186 g/mol. The van der Waals surface area contributed by atoms with Crippen LogP contribution in [0.15, 0.2) is 18.2 Å². The Kier molecular flexibility index (Phi) is 4.15. The summed E-state index contributed by atoms with van der Waals surface area (Å²) >= 11 is 0. The summed E-state index contributed by atoms with van der Waals surface area (Å²) in [6.07, 6.45) is 0.561. The van der Waals surface area contributed by atoms with E-state index in [2.05, 4.69) is 36.9 Å². The van der Waals surface area contributed by atoms with E-state index in [9.17, 15) is 5.11 Å². The van der Waals surface area contributed by atoms with Gasteiger partial charge in [0.15, 0.2) is 0 Å². The van der Waals surface area contributed by atoms with E-state index < -0.39 is 0 Å². The highest BCUT2D eigenvalue weighted by Gasteiger charge is 2.08. The first-order valence-electron chi connectivity index (χ1n) is 5.51. The van der Waals surface area contributed by atoms with E-state index in [0.29, 0.717) is 6.54 Å². The molecule has 1 atom stereocenters. The molecule has 15 heavy (non-hydrogen) atoms. The molecule has 0 spiro atoms. The number of aryl methyl sites for hydroxylation is 2. The van der Waals surface area contributed by atoms with Crippen LogP contribution in [0.25, 0.3) is 0 Å². The lowest BCUT2D eigenvalue weighted by Gasteiger charge is -2.24. The summed E-state index contributed by atoms with van der Waals surface area (Å²) in [4.78, 5) is 2.11. The molecule has 0 heterocycles. The van der Waals surface area contributed by atoms with Gasteiger partial charge in [-0.3, -0.25) is 0 Å². The second-order valence-electron chi connectivity index (χ2n) is 4.23. The predicted molar refractivity (Wildman–Crippen MR) is 65.5 cm³/mol. The van der Waals surface area contributed by atoms with Crippen LogP contribution in [0.2, 0.25) is 0 Å². The van der Waals surface area contributed by atoms with Crippen molar-refractivity contribution in [1.82, 2.24) is 0 Å². The fraction of sp³-hybridized carbons (Fsp3) is 0.538. The van der Waals surface area contributed by atoms with Crippen LogP contribution < -0.4 is 4.90 Å². The average molecular weight is 207 g/mol. The van der Waals surface area contributed by atoms with Gasteiger partial charge in [-0.25, -0.2) is 0 Å². The third kappa shape index (κ3) is 3.24. The number of nitrogens with zero attached hydrogens (tertiary/aromatic N) is 1. The zero-order chi connectivity index (χ0) is 11.4. The van der Waals surface area contributed by atoms with Crippen molar-refractivity contribution in [3.05, 3.63) is 29.3 Å². The van der Waals surface area contributed by atoms with Gasteiger partial charge >= 0.3 is 0 Å². The second-order valence-corrected chi connectivity index (χ2v) is 4.23. The van der Waals surface area contributed by atoms with Crippen molar-refractivity contribution in [3.63, 3.8) is 0 Å². The highest BCUT2D eigenvalue weighted by Crippen LogP contribution is 2.20. The third-order valence-corrected chi connectivity index (χ3v) is 2.72. The van der Waals surface area contributed by atoms with Gasteiger partial charge in [0.05, 0.1) is 6.10 Å². The fourth-order valence-corrected chi connectivity index (χ4v) is 1.78. The van der Waals surface area contributed by atoms with Gasteiger partial charge in [0, 0.05) is 19.3 Å². The molecule has 1 unspecified atom stereocenters. The normalized spacial score (nSPS) is 12.6. The molecule has 0 amide bonds. The van der Waals surface area contributed by atoms with Crippen molar-refractivity contribution in [3.8, 4) is 0 Å². The minimum absolute atomic E-state index is 0.240. The Morgan fingerprint density at radius 1 is 1.33 bits per heavy atom. The maximum Gasteiger partial charge on any atom is 0.0712 e. The molecule has 1 aromatic rings. The third-order valence-electron chi connectivity index (χ3n) is 2.72. The minimum Gasteiger partial charge on any atom is -0.391 e. The number of hydrogen-bond acceptors (Lipinski definition) is 2. The van der Waals surface area contributed by atoms with Gasteiger partial charge in [-0.05, 0) is 31.9 Å². The van der Waals surface area contributed by atoms with Crippen molar-refractivity contribution in [2.45, 2.75) is 33.3 Å². The van der Waals surface area contributed by atoms with Crippen molar-refractivity contribution in [2.75, 3.05) is 18.5 Å². The van der Waals surface area contributed by atoms with E-state index in [1.807, 2.05) is 14.0 Å². The highest BCUT2D eigenvalue weighted by molar-refractivity contribution is 5.53. The van der Waals surface area contributed by atoms with Gasteiger partial charge in [-0.15, -0.1) is 0 Å². The summed E-state index contributed by atoms with van der Waals surface area (Å²) in [7, 11) is 2.02. The largest absolute Gasteiger partial charge is 0.391 e. The number of aliphatic hydroxyl groups is 1. The van der Waals surface area contributed by atoms with Crippen LogP contribution in [0, 0.1) is 13.8 Å². The molecule has 0 saturated heterocycles. The van der Waals surface area contributed by atoms with Gasteiger partial charge in [0.1, 0.15) is 0 Å². The molecule has 1 rings (SSSR count). The minimum atomic E-state index is -0.240. The van der Waals surface area contributed by atoms with Crippen molar-refractivity contribution in [2.24, 2.45) is 0 Å². The number of benzene rings is 1. The van der Waals surface area contributed by atoms with Crippen LogP contribution in [-0.4, -0.2) is 24.8 Å². The Morgan fingerprint density at radius 2 is 2.00 bits per heavy atom. The number of aliphatic hydroxyl groups excluding tert-OH is 1. The lowest BCUT2D eigenvalue weighted by Crippen LogP contribution is -2.28. The highest BCUT2D eigenvalue weighted by atomic mass is 16.3. The van der Waals surface area contributed by atoms with E-state index in [0.717, 1.165) is 6.42 Å². The van der Waals surface area contributed by atoms with Gasteiger partial charge in [-0.1, -0.05) is 24.6 Å². The SMILES string of the molecule is CCC(O)CN(C)c1ccc(C)cc1C. The van der Waals surface area contributed by atoms with Gasteiger partial charge in [0.25, 0.3) is 0 Å². The molecule has 1 N–H and O–H groups in total. The molecule has 0 aliphatic heterocycles. The summed E-state index contributed by atoms with van der Waals surface area (Å²) < 4.78 is 0. The molecule has 0 aliphatic rings. The second kappa shape index (κ2) is 5.17. The smallest absolute Gasteiger partial charge is 0.0712 e. The monoisotopic (exact) mass is 207 g/mol. The van der Waals surface area contributed by atoms with Crippen molar-refractivity contribution < 1.29 is 5.11 Å².